The quantitative estimate of drug-likeness (QED) is 0.834. The van der Waals surface area contributed by atoms with Crippen molar-refractivity contribution in [3.63, 3.8) is 0 Å². The molecule has 0 unspecified atom stereocenters. The second-order valence-corrected chi connectivity index (χ2v) is 5.48. The van der Waals surface area contributed by atoms with E-state index in [1.54, 1.807) is 6.07 Å². The van der Waals surface area contributed by atoms with Gasteiger partial charge < -0.3 is 10.1 Å². The fraction of sp³-hybridized carbons (Fsp3) is 0.188. The van der Waals surface area contributed by atoms with Crippen molar-refractivity contribution >= 4 is 27.6 Å². The van der Waals surface area contributed by atoms with Crippen LogP contribution < -0.4 is 5.32 Å². The van der Waals surface area contributed by atoms with Gasteiger partial charge in [-0.3, -0.25) is 0 Å². The van der Waals surface area contributed by atoms with E-state index in [1.165, 1.54) is 19.2 Å². The Hall–Kier alpha value is -1.88. The molecule has 0 amide bonds. The number of hydrogen-bond acceptors (Lipinski definition) is 3. The van der Waals surface area contributed by atoms with Gasteiger partial charge in [0.15, 0.2) is 0 Å². The Balaban J connectivity index is 2.13. The number of carbonyl (C=O) groups excluding carboxylic acids is 1. The standard InChI is InChI=1S/C16H15BrFNO2/c1-10-3-4-11(7-14(10)17)9-19-12-5-6-15(18)13(8-12)16(20)21-2/h3-8,19H,9H2,1-2H3. The monoisotopic (exact) mass is 351 g/mol. The first-order chi connectivity index (χ1) is 10.0. The van der Waals surface area contributed by atoms with Gasteiger partial charge >= 0.3 is 5.97 Å². The summed E-state index contributed by atoms with van der Waals surface area (Å²) in [6.45, 7) is 2.59. The number of rotatable bonds is 4. The van der Waals surface area contributed by atoms with Crippen molar-refractivity contribution in [1.29, 1.82) is 0 Å². The lowest BCUT2D eigenvalue weighted by molar-refractivity contribution is 0.0595. The van der Waals surface area contributed by atoms with E-state index >= 15 is 0 Å². The first-order valence-corrected chi connectivity index (χ1v) is 7.17. The van der Waals surface area contributed by atoms with Crippen LogP contribution in [0.15, 0.2) is 40.9 Å². The van der Waals surface area contributed by atoms with Crippen molar-refractivity contribution in [3.05, 3.63) is 63.4 Å². The van der Waals surface area contributed by atoms with Gasteiger partial charge in [0.1, 0.15) is 5.82 Å². The third-order valence-corrected chi connectivity index (χ3v) is 3.96. The van der Waals surface area contributed by atoms with Crippen LogP contribution in [0.4, 0.5) is 10.1 Å². The zero-order chi connectivity index (χ0) is 15.4. The molecule has 0 fully saturated rings. The van der Waals surface area contributed by atoms with Gasteiger partial charge in [-0.15, -0.1) is 0 Å². The van der Waals surface area contributed by atoms with E-state index in [9.17, 15) is 9.18 Å². The number of aryl methyl sites for hydroxylation is 1. The zero-order valence-electron chi connectivity index (χ0n) is 11.7. The van der Waals surface area contributed by atoms with Crippen LogP contribution in [-0.2, 0) is 11.3 Å². The van der Waals surface area contributed by atoms with Crippen LogP contribution in [0.2, 0.25) is 0 Å². The number of hydrogen-bond donors (Lipinski definition) is 1. The van der Waals surface area contributed by atoms with E-state index < -0.39 is 11.8 Å². The molecule has 0 radical (unpaired) electrons. The van der Waals surface area contributed by atoms with Crippen molar-refractivity contribution in [1.82, 2.24) is 0 Å². The summed E-state index contributed by atoms with van der Waals surface area (Å²) in [5.74, 6) is -1.28. The summed E-state index contributed by atoms with van der Waals surface area (Å²) in [5.41, 5.74) is 2.83. The minimum absolute atomic E-state index is 0.0763. The molecule has 2 aromatic rings. The summed E-state index contributed by atoms with van der Waals surface area (Å²) in [4.78, 5) is 11.4. The second kappa shape index (κ2) is 6.72. The van der Waals surface area contributed by atoms with Crippen LogP contribution in [0.1, 0.15) is 21.5 Å². The molecular weight excluding hydrogens is 337 g/mol. The van der Waals surface area contributed by atoms with E-state index in [-0.39, 0.29) is 5.56 Å². The van der Waals surface area contributed by atoms with Crippen LogP contribution in [0.5, 0.6) is 0 Å². The molecule has 0 saturated carbocycles. The maximum absolute atomic E-state index is 13.5. The van der Waals surface area contributed by atoms with Crippen LogP contribution in [-0.4, -0.2) is 13.1 Å². The Bertz CT molecular complexity index is 673. The average molecular weight is 352 g/mol. The van der Waals surface area contributed by atoms with Gasteiger partial charge in [0.2, 0.25) is 0 Å². The number of esters is 1. The van der Waals surface area contributed by atoms with Gasteiger partial charge in [-0.2, -0.15) is 0 Å². The molecule has 0 heterocycles. The summed E-state index contributed by atoms with van der Waals surface area (Å²) in [5, 5.41) is 3.16. The molecule has 1 N–H and O–H groups in total. The number of nitrogens with one attached hydrogen (secondary N) is 1. The Morgan fingerprint density at radius 3 is 2.71 bits per heavy atom. The second-order valence-electron chi connectivity index (χ2n) is 4.62. The first-order valence-electron chi connectivity index (χ1n) is 6.38. The van der Waals surface area contributed by atoms with Crippen molar-refractivity contribution in [2.45, 2.75) is 13.5 Å². The Labute approximate surface area is 131 Å². The molecule has 0 aliphatic carbocycles. The van der Waals surface area contributed by atoms with Gasteiger partial charge in [0.05, 0.1) is 12.7 Å². The molecule has 0 aromatic heterocycles. The SMILES string of the molecule is COC(=O)c1cc(NCc2ccc(C)c(Br)c2)ccc1F. The number of methoxy groups -OCH3 is 1. The predicted octanol–water partition coefficient (Wildman–Crippen LogP) is 4.30. The fourth-order valence-electron chi connectivity index (χ4n) is 1.85. The van der Waals surface area contributed by atoms with Crippen molar-refractivity contribution < 1.29 is 13.9 Å². The highest BCUT2D eigenvalue weighted by Gasteiger charge is 2.12. The molecular formula is C16H15BrFNO2. The molecule has 0 bridgehead atoms. The molecule has 0 spiro atoms. The first kappa shape index (κ1) is 15.5. The van der Waals surface area contributed by atoms with Gasteiger partial charge in [0.25, 0.3) is 0 Å². The fourth-order valence-corrected chi connectivity index (χ4v) is 2.28. The number of halogens is 2. The number of ether oxygens (including phenoxy) is 1. The highest BCUT2D eigenvalue weighted by Crippen LogP contribution is 2.20. The maximum Gasteiger partial charge on any atom is 0.340 e. The summed E-state index contributed by atoms with van der Waals surface area (Å²) in [6.07, 6.45) is 0. The van der Waals surface area contributed by atoms with Crippen LogP contribution >= 0.6 is 15.9 Å². The topological polar surface area (TPSA) is 38.3 Å². The third-order valence-electron chi connectivity index (χ3n) is 3.10. The smallest absolute Gasteiger partial charge is 0.340 e. The Morgan fingerprint density at radius 1 is 1.29 bits per heavy atom. The average Bonchev–Trinajstić information content (AvgIpc) is 2.49. The Morgan fingerprint density at radius 2 is 2.05 bits per heavy atom. The molecule has 0 atom stereocenters. The summed E-state index contributed by atoms with van der Waals surface area (Å²) < 4.78 is 19.1. The summed E-state index contributed by atoms with van der Waals surface area (Å²) in [6, 6.07) is 10.3. The van der Waals surface area contributed by atoms with Gasteiger partial charge in [0, 0.05) is 16.7 Å². The predicted molar refractivity (Wildman–Crippen MR) is 83.9 cm³/mol. The molecule has 0 saturated heterocycles. The van der Waals surface area contributed by atoms with Gasteiger partial charge in [-0.25, -0.2) is 9.18 Å². The van der Waals surface area contributed by atoms with E-state index in [0.717, 1.165) is 15.6 Å². The minimum Gasteiger partial charge on any atom is -0.465 e. The van der Waals surface area contributed by atoms with E-state index in [1.807, 2.05) is 25.1 Å². The highest BCUT2D eigenvalue weighted by molar-refractivity contribution is 9.10. The van der Waals surface area contributed by atoms with Crippen LogP contribution in [0.3, 0.4) is 0 Å². The van der Waals surface area contributed by atoms with E-state index in [4.69, 9.17) is 0 Å². The van der Waals surface area contributed by atoms with Gasteiger partial charge in [-0.05, 0) is 42.3 Å². The molecule has 2 rings (SSSR count). The molecule has 5 heteroatoms. The maximum atomic E-state index is 13.5. The molecule has 110 valence electrons. The molecule has 3 nitrogen and oxygen atoms in total. The molecule has 0 aliphatic rings. The zero-order valence-corrected chi connectivity index (χ0v) is 13.3. The van der Waals surface area contributed by atoms with E-state index in [0.29, 0.717) is 12.2 Å². The largest absolute Gasteiger partial charge is 0.465 e. The number of anilines is 1. The summed E-state index contributed by atoms with van der Waals surface area (Å²) in [7, 11) is 1.23. The highest BCUT2D eigenvalue weighted by atomic mass is 79.9. The molecule has 21 heavy (non-hydrogen) atoms. The number of benzene rings is 2. The lowest BCUT2D eigenvalue weighted by Crippen LogP contribution is -2.06. The lowest BCUT2D eigenvalue weighted by atomic mass is 10.1. The lowest BCUT2D eigenvalue weighted by Gasteiger charge is -2.09. The van der Waals surface area contributed by atoms with Crippen molar-refractivity contribution in [2.24, 2.45) is 0 Å². The molecule has 0 aliphatic heterocycles. The van der Waals surface area contributed by atoms with E-state index in [2.05, 4.69) is 26.0 Å². The third kappa shape index (κ3) is 3.82. The molecule has 2 aromatic carbocycles. The summed E-state index contributed by atoms with van der Waals surface area (Å²) >= 11 is 3.48. The van der Waals surface area contributed by atoms with Crippen LogP contribution in [0, 0.1) is 12.7 Å². The Kier molecular flexibility index (Phi) is 4.96. The minimum atomic E-state index is -0.686. The van der Waals surface area contributed by atoms with Crippen molar-refractivity contribution in [3.8, 4) is 0 Å². The van der Waals surface area contributed by atoms with Crippen LogP contribution in [0.25, 0.3) is 0 Å². The normalized spacial score (nSPS) is 10.3. The van der Waals surface area contributed by atoms with Gasteiger partial charge in [-0.1, -0.05) is 28.1 Å². The number of carbonyl (C=O) groups is 1. The van der Waals surface area contributed by atoms with Crippen molar-refractivity contribution in [2.75, 3.05) is 12.4 Å².